The van der Waals surface area contributed by atoms with Gasteiger partial charge in [0.1, 0.15) is 5.01 Å². The molecular formula is C9H17N3S. The molecule has 0 atom stereocenters. The maximum Gasteiger partial charge on any atom is 0.107 e. The van der Waals surface area contributed by atoms with Gasteiger partial charge in [-0.1, -0.05) is 7.43 Å². The molecule has 1 aromatic rings. The molecule has 13 heavy (non-hydrogen) atoms. The first-order valence-electron chi connectivity index (χ1n) is 4.26. The van der Waals surface area contributed by atoms with Crippen LogP contribution < -0.4 is 5.32 Å². The number of nitrogens with one attached hydrogen (secondary N) is 1. The minimum atomic E-state index is 0. The van der Waals surface area contributed by atoms with Crippen LogP contribution in [0.4, 0.5) is 0 Å². The molecule has 1 N–H and O–H groups in total. The van der Waals surface area contributed by atoms with Gasteiger partial charge in [-0.15, -0.1) is 11.3 Å². The third-order valence-electron chi connectivity index (χ3n) is 2.05. The molecular weight excluding hydrogens is 182 g/mol. The van der Waals surface area contributed by atoms with E-state index >= 15 is 0 Å². The quantitative estimate of drug-likeness (QED) is 0.775. The molecule has 0 aliphatic carbocycles. The SMILES string of the molecule is C.c1csc(CN2CCNCC2)n1. The third kappa shape index (κ3) is 3.06. The zero-order valence-corrected chi connectivity index (χ0v) is 7.81. The van der Waals surface area contributed by atoms with Crippen LogP contribution in [0.3, 0.4) is 0 Å². The number of rotatable bonds is 2. The van der Waals surface area contributed by atoms with Crippen molar-refractivity contribution in [3.63, 3.8) is 0 Å². The number of thiazole rings is 1. The van der Waals surface area contributed by atoms with E-state index in [1.165, 1.54) is 5.01 Å². The molecule has 2 rings (SSSR count). The van der Waals surface area contributed by atoms with Gasteiger partial charge in [0.2, 0.25) is 0 Å². The highest BCUT2D eigenvalue weighted by Crippen LogP contribution is 2.07. The standard InChI is InChI=1S/C8H13N3S.CH4/c1-4-11(5-2-9-1)7-8-10-3-6-12-8;/h3,6,9H,1-2,4-5,7H2;1H4. The number of nitrogens with zero attached hydrogens (tertiary/aromatic N) is 2. The van der Waals surface area contributed by atoms with Crippen molar-refractivity contribution < 1.29 is 0 Å². The van der Waals surface area contributed by atoms with Crippen molar-refractivity contribution in [1.82, 2.24) is 15.2 Å². The highest BCUT2D eigenvalue weighted by molar-refractivity contribution is 7.09. The lowest BCUT2D eigenvalue weighted by Crippen LogP contribution is -2.42. The summed E-state index contributed by atoms with van der Waals surface area (Å²) in [4.78, 5) is 6.71. The van der Waals surface area contributed by atoms with Crippen LogP contribution in [0.5, 0.6) is 0 Å². The van der Waals surface area contributed by atoms with Gasteiger partial charge in [0.25, 0.3) is 0 Å². The van der Waals surface area contributed by atoms with Gasteiger partial charge in [0.05, 0.1) is 6.54 Å². The smallest absolute Gasteiger partial charge is 0.107 e. The number of hydrogen-bond acceptors (Lipinski definition) is 4. The van der Waals surface area contributed by atoms with E-state index < -0.39 is 0 Å². The first-order chi connectivity index (χ1) is 5.95. The topological polar surface area (TPSA) is 28.2 Å². The number of aromatic nitrogens is 1. The van der Waals surface area contributed by atoms with E-state index in [1.54, 1.807) is 11.3 Å². The Morgan fingerprint density at radius 2 is 2.23 bits per heavy atom. The van der Waals surface area contributed by atoms with Gasteiger partial charge >= 0.3 is 0 Å². The van der Waals surface area contributed by atoms with Crippen molar-refractivity contribution in [2.45, 2.75) is 14.0 Å². The Morgan fingerprint density at radius 3 is 2.85 bits per heavy atom. The lowest BCUT2D eigenvalue weighted by molar-refractivity contribution is 0.233. The molecule has 0 saturated carbocycles. The van der Waals surface area contributed by atoms with Crippen LogP contribution in [0.15, 0.2) is 11.6 Å². The molecule has 1 aliphatic rings. The van der Waals surface area contributed by atoms with Crippen molar-refractivity contribution in [1.29, 1.82) is 0 Å². The van der Waals surface area contributed by atoms with Gasteiger partial charge < -0.3 is 5.32 Å². The van der Waals surface area contributed by atoms with E-state index in [9.17, 15) is 0 Å². The molecule has 0 amide bonds. The van der Waals surface area contributed by atoms with E-state index in [0.29, 0.717) is 0 Å². The minimum absolute atomic E-state index is 0. The highest BCUT2D eigenvalue weighted by Gasteiger charge is 2.10. The molecule has 0 aromatic carbocycles. The Hall–Kier alpha value is -0.450. The molecule has 3 nitrogen and oxygen atoms in total. The lowest BCUT2D eigenvalue weighted by Gasteiger charge is -2.25. The van der Waals surface area contributed by atoms with Gasteiger partial charge in [-0.05, 0) is 0 Å². The Morgan fingerprint density at radius 1 is 1.46 bits per heavy atom. The average Bonchev–Trinajstić information content (AvgIpc) is 2.59. The summed E-state index contributed by atoms with van der Waals surface area (Å²) in [5, 5.41) is 6.61. The molecule has 1 aromatic heterocycles. The van der Waals surface area contributed by atoms with Gasteiger partial charge in [-0.25, -0.2) is 4.98 Å². The first kappa shape index (κ1) is 10.6. The van der Waals surface area contributed by atoms with Gasteiger partial charge in [-0.3, -0.25) is 4.90 Å². The molecule has 0 bridgehead atoms. The first-order valence-corrected chi connectivity index (χ1v) is 5.14. The maximum absolute atomic E-state index is 4.27. The normalized spacial score (nSPS) is 18.2. The predicted molar refractivity (Wildman–Crippen MR) is 57.0 cm³/mol. The van der Waals surface area contributed by atoms with E-state index in [1.807, 2.05) is 11.6 Å². The van der Waals surface area contributed by atoms with Crippen molar-refractivity contribution in [3.8, 4) is 0 Å². The second-order valence-corrected chi connectivity index (χ2v) is 3.93. The van der Waals surface area contributed by atoms with Crippen LogP contribution in [0.25, 0.3) is 0 Å². The van der Waals surface area contributed by atoms with Crippen molar-refractivity contribution in [2.75, 3.05) is 26.2 Å². The van der Waals surface area contributed by atoms with Crippen molar-refractivity contribution >= 4 is 11.3 Å². The average molecular weight is 199 g/mol. The fraction of sp³-hybridized carbons (Fsp3) is 0.667. The van der Waals surface area contributed by atoms with Crippen LogP contribution >= 0.6 is 11.3 Å². The van der Waals surface area contributed by atoms with Crippen LogP contribution in [-0.4, -0.2) is 36.1 Å². The predicted octanol–water partition coefficient (Wildman–Crippen LogP) is 1.18. The second-order valence-electron chi connectivity index (χ2n) is 2.95. The fourth-order valence-electron chi connectivity index (χ4n) is 1.39. The summed E-state index contributed by atoms with van der Waals surface area (Å²) in [5.74, 6) is 0. The molecule has 1 saturated heterocycles. The highest BCUT2D eigenvalue weighted by atomic mass is 32.1. The Kier molecular flexibility index (Phi) is 4.35. The Balaban J connectivity index is 0.000000845. The molecule has 74 valence electrons. The van der Waals surface area contributed by atoms with E-state index in [-0.39, 0.29) is 7.43 Å². The Bertz CT molecular complexity index is 217. The van der Waals surface area contributed by atoms with Crippen LogP contribution in [0, 0.1) is 0 Å². The zero-order valence-electron chi connectivity index (χ0n) is 6.99. The number of piperazine rings is 1. The summed E-state index contributed by atoms with van der Waals surface area (Å²) in [6.45, 7) is 5.56. The van der Waals surface area contributed by atoms with Gasteiger partial charge in [-0.2, -0.15) is 0 Å². The Labute approximate surface area is 83.8 Å². The van der Waals surface area contributed by atoms with Crippen LogP contribution in [-0.2, 0) is 6.54 Å². The third-order valence-corrected chi connectivity index (χ3v) is 2.82. The lowest BCUT2D eigenvalue weighted by atomic mass is 10.4. The molecule has 0 spiro atoms. The summed E-state index contributed by atoms with van der Waals surface area (Å²) >= 11 is 1.74. The minimum Gasteiger partial charge on any atom is -0.314 e. The fourth-order valence-corrected chi connectivity index (χ4v) is 2.05. The van der Waals surface area contributed by atoms with Crippen molar-refractivity contribution in [2.24, 2.45) is 0 Å². The summed E-state index contributed by atoms with van der Waals surface area (Å²) in [7, 11) is 0. The van der Waals surface area contributed by atoms with E-state index in [0.717, 1.165) is 32.7 Å². The summed E-state index contributed by atoms with van der Waals surface area (Å²) in [6.07, 6.45) is 1.88. The molecule has 1 aliphatic heterocycles. The van der Waals surface area contributed by atoms with Crippen LogP contribution in [0.1, 0.15) is 12.4 Å². The molecule has 4 heteroatoms. The molecule has 0 radical (unpaired) electrons. The maximum atomic E-state index is 4.27. The monoisotopic (exact) mass is 199 g/mol. The summed E-state index contributed by atoms with van der Waals surface area (Å²) in [5.41, 5.74) is 0. The van der Waals surface area contributed by atoms with E-state index in [4.69, 9.17) is 0 Å². The van der Waals surface area contributed by atoms with Crippen molar-refractivity contribution in [3.05, 3.63) is 16.6 Å². The molecule has 0 unspecified atom stereocenters. The summed E-state index contributed by atoms with van der Waals surface area (Å²) < 4.78 is 0. The largest absolute Gasteiger partial charge is 0.314 e. The second kappa shape index (κ2) is 5.32. The summed E-state index contributed by atoms with van der Waals surface area (Å²) in [6, 6.07) is 0. The molecule has 1 fully saturated rings. The van der Waals surface area contributed by atoms with E-state index in [2.05, 4.69) is 15.2 Å². The molecule has 2 heterocycles. The van der Waals surface area contributed by atoms with Gasteiger partial charge in [0, 0.05) is 37.8 Å². The number of hydrogen-bond donors (Lipinski definition) is 1. The van der Waals surface area contributed by atoms with Gasteiger partial charge in [0.15, 0.2) is 0 Å². The zero-order chi connectivity index (χ0) is 8.23. The van der Waals surface area contributed by atoms with Crippen LogP contribution in [0.2, 0.25) is 0 Å².